The van der Waals surface area contributed by atoms with Crippen LogP contribution in [0.2, 0.25) is 0 Å². The lowest BCUT2D eigenvalue weighted by Gasteiger charge is -2.20. The first-order valence-electron chi connectivity index (χ1n) is 7.75. The number of aryl methyl sites for hydroxylation is 2. The molecule has 0 aliphatic carbocycles. The van der Waals surface area contributed by atoms with Gasteiger partial charge in [0.15, 0.2) is 0 Å². The van der Waals surface area contributed by atoms with Crippen LogP contribution in [0.25, 0.3) is 0 Å². The summed E-state index contributed by atoms with van der Waals surface area (Å²) in [7, 11) is -2.36. The summed E-state index contributed by atoms with van der Waals surface area (Å²) in [4.78, 5) is 0. The van der Waals surface area contributed by atoms with E-state index in [0.29, 0.717) is 6.42 Å². The van der Waals surface area contributed by atoms with Crippen LogP contribution in [0.4, 0.5) is 13.2 Å². The molecule has 2 aromatic carbocycles. The number of hydrogen-bond donors (Lipinski definition) is 0. The Morgan fingerprint density at radius 2 is 1.52 bits per heavy atom. The third-order valence-corrected chi connectivity index (χ3v) is 5.88. The number of hydrogen-bond acceptors (Lipinski definition) is 2. The Balaban J connectivity index is 2.12. The molecule has 0 bridgehead atoms. The average molecular weight is 371 g/mol. The van der Waals surface area contributed by atoms with Crippen LogP contribution in [0, 0.1) is 6.92 Å². The zero-order chi connectivity index (χ0) is 18.7. The summed E-state index contributed by atoms with van der Waals surface area (Å²) < 4.78 is 65.0. The second-order valence-electron chi connectivity index (χ2n) is 5.90. The predicted molar refractivity (Wildman–Crippen MR) is 91.6 cm³/mol. The highest BCUT2D eigenvalue weighted by Gasteiger charge is 2.33. The number of sulfonamides is 1. The van der Waals surface area contributed by atoms with Crippen molar-refractivity contribution in [3.8, 4) is 0 Å². The van der Waals surface area contributed by atoms with Crippen molar-refractivity contribution in [3.05, 3.63) is 70.8 Å². The molecule has 136 valence electrons. The predicted octanol–water partition coefficient (Wildman–Crippen LogP) is 4.02. The molecular formula is C18H20F3NO2S. The number of benzene rings is 2. The van der Waals surface area contributed by atoms with Crippen molar-refractivity contribution in [2.45, 2.75) is 26.1 Å². The van der Waals surface area contributed by atoms with E-state index in [1.807, 2.05) is 31.2 Å². The molecule has 0 N–H and O–H groups in total. The molecule has 2 aromatic rings. The van der Waals surface area contributed by atoms with Crippen molar-refractivity contribution in [1.29, 1.82) is 0 Å². The van der Waals surface area contributed by atoms with Crippen molar-refractivity contribution in [1.82, 2.24) is 4.31 Å². The average Bonchev–Trinajstić information content (AvgIpc) is 2.53. The molecule has 0 heterocycles. The fourth-order valence-electron chi connectivity index (χ4n) is 2.56. The Labute approximate surface area is 146 Å². The summed E-state index contributed by atoms with van der Waals surface area (Å²) in [5.41, 5.74) is 1.03. The second kappa shape index (κ2) is 7.58. The van der Waals surface area contributed by atoms with E-state index in [1.165, 1.54) is 25.2 Å². The normalized spacial score (nSPS) is 12.6. The lowest BCUT2D eigenvalue weighted by molar-refractivity contribution is -0.138. The van der Waals surface area contributed by atoms with Crippen molar-refractivity contribution in [2.75, 3.05) is 12.8 Å². The molecule has 0 aliphatic rings. The Morgan fingerprint density at radius 3 is 2.12 bits per heavy atom. The van der Waals surface area contributed by atoms with Crippen LogP contribution >= 0.6 is 0 Å². The van der Waals surface area contributed by atoms with E-state index in [9.17, 15) is 21.6 Å². The molecule has 0 spiro atoms. The molecule has 0 saturated heterocycles. The van der Waals surface area contributed by atoms with Gasteiger partial charge in [0.1, 0.15) is 0 Å². The Hall–Kier alpha value is -1.86. The minimum Gasteiger partial charge on any atom is -0.212 e. The molecule has 0 atom stereocenters. The van der Waals surface area contributed by atoms with Crippen LogP contribution in [0.3, 0.4) is 0 Å². The van der Waals surface area contributed by atoms with E-state index < -0.39 is 21.8 Å². The molecule has 0 saturated carbocycles. The van der Waals surface area contributed by atoms with Gasteiger partial charge < -0.3 is 0 Å². The summed E-state index contributed by atoms with van der Waals surface area (Å²) in [5, 5.41) is 0. The molecule has 0 radical (unpaired) electrons. The van der Waals surface area contributed by atoms with Gasteiger partial charge in [-0.3, -0.25) is 0 Å². The van der Waals surface area contributed by atoms with E-state index >= 15 is 0 Å². The van der Waals surface area contributed by atoms with Crippen LogP contribution in [-0.4, -0.2) is 25.5 Å². The van der Waals surface area contributed by atoms with Crippen molar-refractivity contribution in [3.63, 3.8) is 0 Å². The molecule has 2 rings (SSSR count). The molecule has 0 fully saturated rings. The summed E-state index contributed by atoms with van der Waals surface area (Å²) in [6, 6.07) is 12.5. The fourth-order valence-corrected chi connectivity index (χ4v) is 3.68. The standard InChI is InChI=1S/C18H20F3NO2S/c1-14-7-3-4-8-15(14)11-12-25(23,24)22(2)13-16-9-5-6-10-17(16)18(19,20)21/h3-10H,11-13H2,1-2H3. The first-order valence-corrected chi connectivity index (χ1v) is 9.36. The van der Waals surface area contributed by atoms with E-state index in [2.05, 4.69) is 0 Å². The number of alkyl halides is 3. The highest BCUT2D eigenvalue weighted by atomic mass is 32.2. The first-order chi connectivity index (χ1) is 11.6. The third-order valence-electron chi connectivity index (χ3n) is 4.08. The molecular weight excluding hydrogens is 351 g/mol. The van der Waals surface area contributed by atoms with E-state index in [-0.39, 0.29) is 17.9 Å². The fraction of sp³-hybridized carbons (Fsp3) is 0.333. The molecule has 0 aromatic heterocycles. The molecule has 7 heteroatoms. The van der Waals surface area contributed by atoms with Crippen LogP contribution in [0.5, 0.6) is 0 Å². The molecule has 3 nitrogen and oxygen atoms in total. The Morgan fingerprint density at radius 1 is 0.960 bits per heavy atom. The Bertz CT molecular complexity index is 832. The van der Waals surface area contributed by atoms with Crippen LogP contribution in [0.15, 0.2) is 48.5 Å². The summed E-state index contributed by atoms with van der Waals surface area (Å²) in [6.45, 7) is 1.58. The summed E-state index contributed by atoms with van der Waals surface area (Å²) >= 11 is 0. The highest BCUT2D eigenvalue weighted by molar-refractivity contribution is 7.89. The molecule has 25 heavy (non-hydrogen) atoms. The van der Waals surface area contributed by atoms with E-state index in [0.717, 1.165) is 21.5 Å². The largest absolute Gasteiger partial charge is 0.416 e. The van der Waals surface area contributed by atoms with Gasteiger partial charge in [-0.05, 0) is 36.1 Å². The van der Waals surface area contributed by atoms with Gasteiger partial charge >= 0.3 is 6.18 Å². The smallest absolute Gasteiger partial charge is 0.212 e. The van der Waals surface area contributed by atoms with E-state index in [1.54, 1.807) is 0 Å². The lowest BCUT2D eigenvalue weighted by atomic mass is 10.1. The number of halogens is 3. The van der Waals surface area contributed by atoms with E-state index in [4.69, 9.17) is 0 Å². The SMILES string of the molecule is Cc1ccccc1CCS(=O)(=O)N(C)Cc1ccccc1C(F)(F)F. The monoisotopic (exact) mass is 371 g/mol. The molecule has 0 unspecified atom stereocenters. The minimum atomic E-state index is -4.51. The maximum atomic E-state index is 13.0. The van der Waals surface area contributed by atoms with Gasteiger partial charge in [0, 0.05) is 13.6 Å². The van der Waals surface area contributed by atoms with Gasteiger partial charge in [-0.1, -0.05) is 42.5 Å². The Kier molecular flexibility index (Phi) is 5.90. The van der Waals surface area contributed by atoms with Crippen LogP contribution in [0.1, 0.15) is 22.3 Å². The van der Waals surface area contributed by atoms with Gasteiger partial charge in [-0.25, -0.2) is 12.7 Å². The van der Waals surface area contributed by atoms with Crippen LogP contribution in [-0.2, 0) is 29.2 Å². The van der Waals surface area contributed by atoms with Crippen LogP contribution < -0.4 is 0 Å². The zero-order valence-corrected chi connectivity index (χ0v) is 14.9. The second-order valence-corrected chi connectivity index (χ2v) is 8.10. The van der Waals surface area contributed by atoms with Crippen molar-refractivity contribution < 1.29 is 21.6 Å². The highest BCUT2D eigenvalue weighted by Crippen LogP contribution is 2.32. The van der Waals surface area contributed by atoms with Gasteiger partial charge in [-0.2, -0.15) is 13.2 Å². The van der Waals surface area contributed by atoms with Crippen molar-refractivity contribution in [2.24, 2.45) is 0 Å². The maximum absolute atomic E-state index is 13.0. The van der Waals surface area contributed by atoms with Gasteiger partial charge in [0.2, 0.25) is 10.0 Å². The molecule has 0 amide bonds. The topological polar surface area (TPSA) is 37.4 Å². The zero-order valence-electron chi connectivity index (χ0n) is 14.0. The van der Waals surface area contributed by atoms with Crippen molar-refractivity contribution >= 4 is 10.0 Å². The number of rotatable bonds is 6. The minimum absolute atomic E-state index is 0.0584. The van der Waals surface area contributed by atoms with Gasteiger partial charge in [0.05, 0.1) is 11.3 Å². The molecule has 0 aliphatic heterocycles. The number of nitrogens with zero attached hydrogens (tertiary/aromatic N) is 1. The van der Waals surface area contributed by atoms with Gasteiger partial charge in [-0.15, -0.1) is 0 Å². The lowest BCUT2D eigenvalue weighted by Crippen LogP contribution is -2.30. The summed E-state index contributed by atoms with van der Waals surface area (Å²) in [5.74, 6) is -0.150. The third kappa shape index (κ3) is 5.06. The summed E-state index contributed by atoms with van der Waals surface area (Å²) in [6.07, 6.45) is -4.19. The van der Waals surface area contributed by atoms with Gasteiger partial charge in [0.25, 0.3) is 0 Å². The quantitative estimate of drug-likeness (QED) is 0.769. The maximum Gasteiger partial charge on any atom is 0.416 e. The first kappa shape index (κ1) is 19.5.